The number of aliphatic hydroxyl groups excluding tert-OH is 14. The Labute approximate surface area is 796 Å². The average Bonchev–Trinajstić information content (AvgIpc) is 0.769. The Hall–Kier alpha value is -12.1. The predicted molar refractivity (Wildman–Crippen MR) is 478 cm³/mol. The molecule has 766 valence electrons. The minimum atomic E-state index is -2.27. The van der Waals surface area contributed by atoms with Crippen molar-refractivity contribution in [3.63, 3.8) is 0 Å². The quantitative estimate of drug-likeness (QED) is 0.0207. The van der Waals surface area contributed by atoms with Crippen LogP contribution in [0.15, 0.2) is 115 Å². The van der Waals surface area contributed by atoms with Crippen LogP contribution in [0.3, 0.4) is 0 Å². The highest BCUT2D eigenvalue weighted by Gasteiger charge is 2.50. The zero-order valence-corrected chi connectivity index (χ0v) is 77.3. The maximum absolute atomic E-state index is 13.4. The number of carbonyl (C=O) groups excluding carboxylic acids is 2. The number of ether oxygens (including phenoxy) is 18. The largest absolute Gasteiger partial charge is 0.507 e. The van der Waals surface area contributed by atoms with Gasteiger partial charge in [-0.05, 0) is 62.4 Å². The average molecular weight is 1980 g/mol. The molecule has 6 aliphatic heterocycles. The molecule has 0 unspecified atom stereocenters. The van der Waals surface area contributed by atoms with Crippen molar-refractivity contribution in [1.29, 1.82) is 0 Å². The van der Waals surface area contributed by atoms with Gasteiger partial charge in [-0.3, -0.25) is 29.0 Å². The second kappa shape index (κ2) is 47.5. The fourth-order valence-electron chi connectivity index (χ4n) is 16.1. The van der Waals surface area contributed by atoms with E-state index in [1.54, 1.807) is 76.7 Å². The summed E-state index contributed by atoms with van der Waals surface area (Å²) in [6.45, 7) is 6.59. The summed E-state index contributed by atoms with van der Waals surface area (Å²) in [5.41, 5.74) is 1.02. The van der Waals surface area contributed by atoms with Crippen LogP contribution in [0.4, 0.5) is 0 Å². The van der Waals surface area contributed by atoms with Gasteiger partial charge >= 0.3 is 11.9 Å². The third-order valence-electron chi connectivity index (χ3n) is 24.1. The molecule has 0 radical (unpaired) electrons. The molecule has 2 amide bonds. The van der Waals surface area contributed by atoms with E-state index in [9.17, 15) is 100 Å². The molecule has 2 aromatic heterocycles. The van der Waals surface area contributed by atoms with Crippen molar-refractivity contribution < 1.29 is 205 Å². The van der Waals surface area contributed by atoms with E-state index in [1.807, 2.05) is 24.3 Å². The summed E-state index contributed by atoms with van der Waals surface area (Å²) in [6, 6.07) is 23.9. The summed E-state index contributed by atoms with van der Waals surface area (Å²) >= 11 is 0. The number of carbonyl (C=O) groups is 4. The Morgan fingerprint density at radius 3 is 1.03 bits per heavy atom. The van der Waals surface area contributed by atoms with Crippen molar-refractivity contribution in [3.8, 4) is 103 Å². The summed E-state index contributed by atoms with van der Waals surface area (Å²) in [7, 11) is 12.2. The molecule has 22 atom stereocenters. The van der Waals surface area contributed by atoms with Gasteiger partial charge in [0, 0.05) is 124 Å². The minimum Gasteiger partial charge on any atom is -0.507 e. The summed E-state index contributed by atoms with van der Waals surface area (Å²) in [6.07, 6.45) is -35.2. The van der Waals surface area contributed by atoms with Gasteiger partial charge in [-0.1, -0.05) is 12.1 Å². The zero-order valence-electron chi connectivity index (χ0n) is 77.3. The van der Waals surface area contributed by atoms with Crippen molar-refractivity contribution in [2.75, 3.05) is 136 Å². The number of aliphatic carboxylic acids is 2. The van der Waals surface area contributed by atoms with E-state index in [4.69, 9.17) is 115 Å². The van der Waals surface area contributed by atoms with Crippen molar-refractivity contribution in [2.24, 2.45) is 0 Å². The summed E-state index contributed by atoms with van der Waals surface area (Å²) in [5, 5.41) is 179. The first-order valence-electron chi connectivity index (χ1n) is 43.7. The number of hydrogen-bond donors (Lipinski definition) is 18. The molecule has 14 rings (SSSR count). The molecule has 140 heavy (non-hydrogen) atoms. The van der Waals surface area contributed by atoms with Crippen LogP contribution in [0.5, 0.6) is 80.5 Å². The summed E-state index contributed by atoms with van der Waals surface area (Å²) in [5.74, 6) is -1.08. The van der Waals surface area contributed by atoms with Gasteiger partial charge in [-0.2, -0.15) is 0 Å². The summed E-state index contributed by atoms with van der Waals surface area (Å²) in [4.78, 5) is 80.8. The molecule has 6 saturated heterocycles. The highest BCUT2D eigenvalue weighted by molar-refractivity contribution is 5.88. The molecule has 18 N–H and O–H groups in total. The van der Waals surface area contributed by atoms with Gasteiger partial charge in [0.15, 0.2) is 94.9 Å². The maximum Gasteiger partial charge on any atom is 0.335 e. The fraction of sp³-hybridized carbons (Fsp3) is 0.500. The molecule has 0 saturated carbocycles. The molecule has 48 heteroatoms. The van der Waals surface area contributed by atoms with E-state index >= 15 is 0 Å². The lowest BCUT2D eigenvalue weighted by Gasteiger charge is -2.42. The number of hydrogen-bond acceptors (Lipinski definition) is 44. The smallest absolute Gasteiger partial charge is 0.335 e. The monoisotopic (exact) mass is 1980 g/mol. The number of phenols is 2. The highest BCUT2D eigenvalue weighted by Crippen LogP contribution is 2.45. The number of amides is 2. The van der Waals surface area contributed by atoms with Crippen LogP contribution in [0.2, 0.25) is 0 Å². The molecule has 0 spiro atoms. The molecule has 0 bridgehead atoms. The van der Waals surface area contributed by atoms with Crippen LogP contribution in [-0.2, 0) is 60.7 Å². The van der Waals surface area contributed by atoms with Crippen molar-refractivity contribution in [1.82, 2.24) is 19.6 Å². The highest BCUT2D eigenvalue weighted by atomic mass is 16.7. The van der Waals surface area contributed by atoms with Gasteiger partial charge in [0.25, 0.3) is 11.8 Å². The lowest BCUT2D eigenvalue weighted by atomic mass is 9.98. The first-order chi connectivity index (χ1) is 66.8. The molecule has 6 aliphatic rings. The number of carboxylic acid groups (broad SMARTS) is 2. The first-order valence-corrected chi connectivity index (χ1v) is 43.7. The van der Waals surface area contributed by atoms with Gasteiger partial charge < -0.3 is 196 Å². The first kappa shape index (κ1) is 107. The third-order valence-corrected chi connectivity index (χ3v) is 24.1. The molecule has 8 heterocycles. The normalized spacial score (nSPS) is 26.5. The number of phenolic OH excluding ortho intramolecular Hbond substituents is 2. The lowest BCUT2D eigenvalue weighted by Crippen LogP contribution is -2.61. The van der Waals surface area contributed by atoms with E-state index in [0.29, 0.717) is 123 Å². The van der Waals surface area contributed by atoms with Gasteiger partial charge in [-0.15, -0.1) is 0 Å². The van der Waals surface area contributed by atoms with Crippen LogP contribution >= 0.6 is 0 Å². The van der Waals surface area contributed by atoms with Crippen LogP contribution in [0.25, 0.3) is 44.6 Å². The van der Waals surface area contributed by atoms with E-state index in [2.05, 4.69) is 9.80 Å². The van der Waals surface area contributed by atoms with E-state index < -0.39 is 183 Å². The number of piperazine rings is 2. The van der Waals surface area contributed by atoms with Crippen molar-refractivity contribution >= 4 is 45.7 Å². The minimum absolute atomic E-state index is 0.0453. The SMILES string of the molecule is COc1ccc(-c2cc(=O)c3c(O)cc(O[C@@H]4O[C@H](CO[C@@H]5O[C@@H](C)[C@H](O)[C@@H](O)[C@H]5O)[C@@H](O)[C@H](O)[C@H]4O)cc3o2)cc1OCC(=O)N1CCN(Cc2ccc(OC)c(OC)c2OC)CC1.COc1ccc(-c2cc(=O)c3c(O)cc(O[C@@H]4O[C@H](CO[C@@H]5O[C@@H](C)[C@H](O)[C@@H](O)[C@H]5O)[C@@H](O)[C@H](O)[C@H]4O)cc3o2)cc1OCC(=O)N1CCN(Cc2ccc(OC)c(OC)c2OC)CC1.O=C(O)[C@H](O)[C@@H](O)C(=O)O. The molecule has 6 aromatic carbocycles. The van der Waals surface area contributed by atoms with Crippen LogP contribution in [0, 0.1) is 0 Å². The van der Waals surface area contributed by atoms with Gasteiger partial charge in [-0.25, -0.2) is 9.59 Å². The number of benzene rings is 6. The van der Waals surface area contributed by atoms with Crippen LogP contribution in [-0.4, -0.2) is 406 Å². The zero-order chi connectivity index (χ0) is 102. The van der Waals surface area contributed by atoms with Crippen LogP contribution < -0.4 is 67.7 Å². The van der Waals surface area contributed by atoms with E-state index in [-0.39, 0.29) is 81.5 Å². The number of nitrogens with zero attached hydrogens (tertiary/aromatic N) is 4. The number of carboxylic acids is 2. The Morgan fingerprint density at radius 2 is 0.700 bits per heavy atom. The Kier molecular flexibility index (Phi) is 36.2. The molecular weight excluding hydrogens is 1860 g/mol. The number of methoxy groups -OCH3 is 8. The Balaban J connectivity index is 0.000000228. The van der Waals surface area contributed by atoms with E-state index in [1.165, 1.54) is 64.5 Å². The maximum atomic E-state index is 13.4. The van der Waals surface area contributed by atoms with Crippen LogP contribution in [0.1, 0.15) is 25.0 Å². The number of fused-ring (bicyclic) bond motifs is 2. The van der Waals surface area contributed by atoms with Gasteiger partial charge in [0.2, 0.25) is 24.1 Å². The second-order valence-corrected chi connectivity index (χ2v) is 33.1. The van der Waals surface area contributed by atoms with Gasteiger partial charge in [0.1, 0.15) is 142 Å². The van der Waals surface area contributed by atoms with Gasteiger partial charge in [0.05, 0.1) is 82.3 Å². The molecular formula is C92H114N4O44. The molecule has 48 nitrogen and oxygen atoms in total. The lowest BCUT2D eigenvalue weighted by molar-refractivity contribution is -0.318. The predicted octanol–water partition coefficient (Wildman–Crippen LogP) is -2.22. The fourth-order valence-corrected chi connectivity index (χ4v) is 16.1. The van der Waals surface area contributed by atoms with Crippen molar-refractivity contribution in [2.45, 2.75) is 162 Å². The number of rotatable bonds is 33. The van der Waals surface area contributed by atoms with Crippen molar-refractivity contribution in [3.05, 3.63) is 129 Å². The standard InChI is InChI=1S/2C44H54N2O19.C4H6O6/c2*1-21-35(50)37(52)39(54)43(62-21)61-19-32-36(51)38(53)40(55)44(65-32)63-24-15-25(47)34-26(48)17-29(64-31(34)16-24)22-6-8-27(56-2)30(14-22)60-20-33(49)46-12-10-45(11-13-46)18-23-7-9-28(57-3)42(59-5)41(23)58-4;5-1(3(7)8)2(6)4(9)10/h2*6-9,14-17,21,32,35-40,43-44,47,50-55H,10-13,18-20H2,1-5H3;1-2,5-6H,(H,7,8)(H,9,10)/t2*21-,32+,35-,36+,37+,38-,39+,40+,43+,44+;1-,2-/m001/s1. The number of aliphatic hydroxyl groups is 14. The number of aromatic hydroxyl groups is 2. The Bertz CT molecular complexity index is 5370. The molecule has 0 aliphatic carbocycles. The molecule has 6 fully saturated rings. The Morgan fingerprint density at radius 1 is 0.371 bits per heavy atom. The summed E-state index contributed by atoms with van der Waals surface area (Å²) < 4.78 is 113. The van der Waals surface area contributed by atoms with E-state index in [0.717, 1.165) is 23.3 Å². The topological polar surface area (TPSA) is 672 Å². The molecule has 8 aromatic rings. The second-order valence-electron chi connectivity index (χ2n) is 33.1. The third kappa shape index (κ3) is 24.4.